The first-order chi connectivity index (χ1) is 6.72. The molecule has 0 unspecified atom stereocenters. The van der Waals surface area contributed by atoms with Gasteiger partial charge < -0.3 is 0 Å². The standard InChI is InChI=1S/C8H5ClN2O2S/c9-4-7-10-5-2-1-3-6(11(12)13)8(5)14-7/h1-3H,4H2. The quantitative estimate of drug-likeness (QED) is 0.451. The SMILES string of the molecule is O=[N+]([O-])c1cccc2nc(CCl)sc12. The number of aromatic nitrogens is 1. The summed E-state index contributed by atoms with van der Waals surface area (Å²) in [5, 5.41) is 11.4. The summed E-state index contributed by atoms with van der Waals surface area (Å²) in [7, 11) is 0. The average molecular weight is 229 g/mol. The fourth-order valence-corrected chi connectivity index (χ4v) is 2.30. The molecule has 0 amide bonds. The number of non-ortho nitro benzene ring substituents is 1. The summed E-state index contributed by atoms with van der Waals surface area (Å²) in [4.78, 5) is 14.4. The topological polar surface area (TPSA) is 56.0 Å². The number of halogens is 1. The molecule has 0 atom stereocenters. The number of nitro groups is 1. The van der Waals surface area contributed by atoms with Crippen molar-refractivity contribution in [3.05, 3.63) is 33.3 Å². The van der Waals surface area contributed by atoms with Crippen molar-refractivity contribution in [3.63, 3.8) is 0 Å². The van der Waals surface area contributed by atoms with Crippen molar-refractivity contribution in [2.45, 2.75) is 5.88 Å². The van der Waals surface area contributed by atoms with Gasteiger partial charge in [0.05, 0.1) is 16.3 Å². The lowest BCUT2D eigenvalue weighted by Gasteiger charge is -1.90. The number of alkyl halides is 1. The summed E-state index contributed by atoms with van der Waals surface area (Å²) in [5.74, 6) is 0.288. The van der Waals surface area contributed by atoms with Crippen LogP contribution in [0.3, 0.4) is 0 Å². The van der Waals surface area contributed by atoms with Gasteiger partial charge in [0.1, 0.15) is 9.71 Å². The van der Waals surface area contributed by atoms with Gasteiger partial charge in [-0.05, 0) is 6.07 Å². The van der Waals surface area contributed by atoms with Crippen LogP contribution in [0.1, 0.15) is 5.01 Å². The molecule has 0 aliphatic heterocycles. The molecule has 0 aliphatic rings. The van der Waals surface area contributed by atoms with E-state index in [0.29, 0.717) is 15.2 Å². The Morgan fingerprint density at radius 3 is 3.00 bits per heavy atom. The summed E-state index contributed by atoms with van der Waals surface area (Å²) in [6, 6.07) is 4.84. The molecule has 0 N–H and O–H groups in total. The zero-order valence-electron chi connectivity index (χ0n) is 6.94. The maximum Gasteiger partial charge on any atom is 0.288 e. The number of nitrogens with zero attached hydrogens (tertiary/aromatic N) is 2. The smallest absolute Gasteiger partial charge is 0.258 e. The van der Waals surface area contributed by atoms with Crippen molar-refractivity contribution in [1.82, 2.24) is 4.98 Å². The molecule has 14 heavy (non-hydrogen) atoms. The van der Waals surface area contributed by atoms with Crippen LogP contribution in [-0.2, 0) is 5.88 Å². The average Bonchev–Trinajstić information content (AvgIpc) is 2.59. The summed E-state index contributed by atoms with van der Waals surface area (Å²) in [6.07, 6.45) is 0. The maximum absolute atomic E-state index is 10.7. The van der Waals surface area contributed by atoms with E-state index in [1.165, 1.54) is 17.4 Å². The second-order valence-electron chi connectivity index (χ2n) is 2.62. The van der Waals surface area contributed by atoms with Gasteiger partial charge in [0.25, 0.3) is 5.69 Å². The van der Waals surface area contributed by atoms with Crippen molar-refractivity contribution in [3.8, 4) is 0 Å². The number of rotatable bonds is 2. The molecule has 4 nitrogen and oxygen atoms in total. The van der Waals surface area contributed by atoms with Gasteiger partial charge in [-0.3, -0.25) is 10.1 Å². The Labute approximate surface area is 88.3 Å². The van der Waals surface area contributed by atoms with E-state index < -0.39 is 4.92 Å². The highest BCUT2D eigenvalue weighted by atomic mass is 35.5. The molecule has 1 heterocycles. The summed E-state index contributed by atoms with van der Waals surface area (Å²) in [5.41, 5.74) is 0.733. The normalized spacial score (nSPS) is 10.6. The number of nitro benzene ring substituents is 1. The van der Waals surface area contributed by atoms with E-state index in [2.05, 4.69) is 4.98 Å². The highest BCUT2D eigenvalue weighted by Crippen LogP contribution is 2.31. The number of thiazole rings is 1. The summed E-state index contributed by atoms with van der Waals surface area (Å²) >= 11 is 6.88. The van der Waals surface area contributed by atoms with Gasteiger partial charge in [-0.2, -0.15) is 0 Å². The first-order valence-electron chi connectivity index (χ1n) is 3.81. The van der Waals surface area contributed by atoms with Crippen LogP contribution in [-0.4, -0.2) is 9.91 Å². The summed E-state index contributed by atoms with van der Waals surface area (Å²) in [6.45, 7) is 0. The van der Waals surface area contributed by atoms with E-state index in [0.717, 1.165) is 0 Å². The van der Waals surface area contributed by atoms with E-state index in [4.69, 9.17) is 11.6 Å². The second kappa shape index (κ2) is 3.51. The Morgan fingerprint density at radius 1 is 1.57 bits per heavy atom. The minimum absolute atomic E-state index is 0.0939. The van der Waals surface area contributed by atoms with Crippen molar-refractivity contribution < 1.29 is 4.92 Å². The predicted molar refractivity (Wildman–Crippen MR) is 55.8 cm³/mol. The van der Waals surface area contributed by atoms with Crippen LogP contribution in [0.15, 0.2) is 18.2 Å². The van der Waals surface area contributed by atoms with Crippen molar-refractivity contribution in [2.75, 3.05) is 0 Å². The van der Waals surface area contributed by atoms with E-state index in [1.54, 1.807) is 12.1 Å². The molecule has 1 aromatic carbocycles. The van der Waals surface area contributed by atoms with Gasteiger partial charge in [0, 0.05) is 6.07 Å². The molecule has 0 bridgehead atoms. The Balaban J connectivity index is 2.73. The van der Waals surface area contributed by atoms with E-state index in [1.807, 2.05) is 0 Å². The molecule has 6 heteroatoms. The van der Waals surface area contributed by atoms with E-state index >= 15 is 0 Å². The molecule has 2 aromatic rings. The minimum atomic E-state index is -0.404. The van der Waals surface area contributed by atoms with Gasteiger partial charge in [-0.15, -0.1) is 22.9 Å². The highest BCUT2D eigenvalue weighted by Gasteiger charge is 2.14. The molecule has 0 spiro atoms. The van der Waals surface area contributed by atoms with E-state index in [-0.39, 0.29) is 11.6 Å². The molecule has 0 fully saturated rings. The molecule has 0 aliphatic carbocycles. The largest absolute Gasteiger partial charge is 0.288 e. The molecule has 72 valence electrons. The molecule has 2 rings (SSSR count). The summed E-state index contributed by atoms with van der Waals surface area (Å²) < 4.78 is 0.591. The van der Waals surface area contributed by atoms with Crippen LogP contribution in [0, 0.1) is 10.1 Å². The fraction of sp³-hybridized carbons (Fsp3) is 0.125. The van der Waals surface area contributed by atoms with Crippen LogP contribution in [0.4, 0.5) is 5.69 Å². The lowest BCUT2D eigenvalue weighted by atomic mass is 10.3. The Morgan fingerprint density at radius 2 is 2.36 bits per heavy atom. The Kier molecular flexibility index (Phi) is 2.35. The first-order valence-corrected chi connectivity index (χ1v) is 5.16. The lowest BCUT2D eigenvalue weighted by Crippen LogP contribution is -1.86. The minimum Gasteiger partial charge on any atom is -0.258 e. The first kappa shape index (κ1) is 9.36. The van der Waals surface area contributed by atoms with Gasteiger partial charge in [0.2, 0.25) is 0 Å². The fourth-order valence-electron chi connectivity index (χ4n) is 1.18. The molecule has 0 radical (unpaired) electrons. The van der Waals surface area contributed by atoms with Crippen molar-refractivity contribution in [1.29, 1.82) is 0 Å². The number of fused-ring (bicyclic) bond motifs is 1. The zero-order chi connectivity index (χ0) is 10.1. The number of hydrogen-bond donors (Lipinski definition) is 0. The molecule has 0 saturated carbocycles. The van der Waals surface area contributed by atoms with Crippen LogP contribution in [0.25, 0.3) is 10.2 Å². The third-order valence-corrected chi connectivity index (χ3v) is 3.25. The number of benzene rings is 1. The van der Waals surface area contributed by atoms with Crippen molar-refractivity contribution in [2.24, 2.45) is 0 Å². The van der Waals surface area contributed by atoms with E-state index in [9.17, 15) is 10.1 Å². The van der Waals surface area contributed by atoms with Crippen molar-refractivity contribution >= 4 is 38.8 Å². The lowest BCUT2D eigenvalue weighted by molar-refractivity contribution is -0.382. The van der Waals surface area contributed by atoms with Gasteiger partial charge in [0.15, 0.2) is 0 Å². The number of hydrogen-bond acceptors (Lipinski definition) is 4. The maximum atomic E-state index is 10.7. The van der Waals surface area contributed by atoms with Crippen LogP contribution in [0.5, 0.6) is 0 Å². The Hall–Kier alpha value is -1.20. The third kappa shape index (κ3) is 1.44. The molecular formula is C8H5ClN2O2S. The van der Waals surface area contributed by atoms with Crippen LogP contribution < -0.4 is 0 Å². The van der Waals surface area contributed by atoms with Crippen LogP contribution in [0.2, 0.25) is 0 Å². The predicted octanol–water partition coefficient (Wildman–Crippen LogP) is 2.94. The van der Waals surface area contributed by atoms with Gasteiger partial charge in [-0.1, -0.05) is 6.07 Å². The van der Waals surface area contributed by atoms with Gasteiger partial charge >= 0.3 is 0 Å². The Bertz CT molecular complexity index is 497. The molecule has 1 aromatic heterocycles. The highest BCUT2D eigenvalue weighted by molar-refractivity contribution is 7.19. The molecule has 0 saturated heterocycles. The monoisotopic (exact) mass is 228 g/mol. The molecular weight excluding hydrogens is 224 g/mol. The third-order valence-electron chi connectivity index (χ3n) is 1.75. The zero-order valence-corrected chi connectivity index (χ0v) is 8.51. The van der Waals surface area contributed by atoms with Crippen LogP contribution >= 0.6 is 22.9 Å². The second-order valence-corrected chi connectivity index (χ2v) is 3.97. The van der Waals surface area contributed by atoms with Gasteiger partial charge in [-0.25, -0.2) is 4.98 Å².